The van der Waals surface area contributed by atoms with Gasteiger partial charge in [-0.3, -0.25) is 0 Å². The second-order valence-electron chi connectivity index (χ2n) is 3.30. The highest BCUT2D eigenvalue weighted by Crippen LogP contribution is 2.23. The maximum absolute atomic E-state index is 3.45. The lowest BCUT2D eigenvalue weighted by Crippen LogP contribution is -2.03. The number of hydrogen-bond acceptors (Lipinski definition) is 3. The number of nitrogens with one attached hydrogen (secondary N) is 1. The maximum Gasteiger partial charge on any atom is 0.0347 e. The monoisotopic (exact) mass is 237 g/mol. The van der Waals surface area contributed by atoms with E-state index in [1.165, 1.54) is 27.3 Å². The molecule has 2 rings (SSSR count). The predicted octanol–water partition coefficient (Wildman–Crippen LogP) is 4.07. The van der Waals surface area contributed by atoms with E-state index >= 15 is 0 Å². The molecule has 0 aliphatic carbocycles. The summed E-state index contributed by atoms with van der Waals surface area (Å²) in [5.41, 5.74) is 1.23. The Bertz CT molecular complexity index is 422. The van der Waals surface area contributed by atoms with E-state index in [-0.39, 0.29) is 0 Å². The highest BCUT2D eigenvalue weighted by atomic mass is 32.2. The summed E-state index contributed by atoms with van der Waals surface area (Å²) < 4.78 is 1.36. The van der Waals surface area contributed by atoms with Crippen molar-refractivity contribution in [3.8, 4) is 0 Å². The van der Waals surface area contributed by atoms with Gasteiger partial charge in [-0.2, -0.15) is 11.8 Å². The third-order valence-electron chi connectivity index (χ3n) is 2.23. The summed E-state index contributed by atoms with van der Waals surface area (Å²) in [5, 5.41) is 6.93. The molecular formula is C12H15NS2. The molecule has 0 fully saturated rings. The van der Waals surface area contributed by atoms with E-state index in [1.807, 2.05) is 11.8 Å². The first-order chi connectivity index (χ1) is 7.40. The van der Waals surface area contributed by atoms with Gasteiger partial charge < -0.3 is 5.32 Å². The van der Waals surface area contributed by atoms with Crippen molar-refractivity contribution in [1.29, 1.82) is 0 Å². The average Bonchev–Trinajstić information content (AvgIpc) is 2.71. The minimum Gasteiger partial charge on any atom is -0.384 e. The van der Waals surface area contributed by atoms with E-state index < -0.39 is 0 Å². The van der Waals surface area contributed by atoms with Gasteiger partial charge >= 0.3 is 0 Å². The van der Waals surface area contributed by atoms with Gasteiger partial charge in [-0.25, -0.2) is 0 Å². The molecule has 1 nitrogen and oxygen atoms in total. The van der Waals surface area contributed by atoms with Crippen LogP contribution in [0.4, 0.5) is 5.69 Å². The normalized spacial score (nSPS) is 10.7. The molecule has 0 unspecified atom stereocenters. The lowest BCUT2D eigenvalue weighted by Gasteiger charge is -2.05. The van der Waals surface area contributed by atoms with Gasteiger partial charge in [0, 0.05) is 22.7 Å². The van der Waals surface area contributed by atoms with E-state index in [1.54, 1.807) is 11.3 Å². The number of thioether (sulfide) groups is 1. The number of thiophene rings is 1. The van der Waals surface area contributed by atoms with Gasteiger partial charge in [0.15, 0.2) is 0 Å². The molecule has 1 heterocycles. The van der Waals surface area contributed by atoms with Gasteiger partial charge in [-0.15, -0.1) is 11.3 Å². The zero-order valence-electron chi connectivity index (χ0n) is 8.82. The smallest absolute Gasteiger partial charge is 0.0347 e. The molecule has 3 heteroatoms. The fourth-order valence-corrected chi connectivity index (χ4v) is 2.79. The van der Waals surface area contributed by atoms with Crippen LogP contribution >= 0.6 is 23.1 Å². The molecule has 1 N–H and O–H groups in total. The van der Waals surface area contributed by atoms with Crippen LogP contribution in [0.3, 0.4) is 0 Å². The molecule has 0 atom stereocenters. The second kappa shape index (κ2) is 5.42. The van der Waals surface area contributed by atoms with Crippen molar-refractivity contribution in [2.75, 3.05) is 23.4 Å². The quantitative estimate of drug-likeness (QED) is 0.787. The number of rotatable bonds is 5. The van der Waals surface area contributed by atoms with Crippen molar-refractivity contribution in [3.05, 3.63) is 29.6 Å². The number of fused-ring (bicyclic) bond motifs is 1. The van der Waals surface area contributed by atoms with Crippen molar-refractivity contribution in [3.63, 3.8) is 0 Å². The summed E-state index contributed by atoms with van der Waals surface area (Å²) in [6, 6.07) is 8.75. The van der Waals surface area contributed by atoms with Crippen LogP contribution in [0, 0.1) is 0 Å². The van der Waals surface area contributed by atoms with Crippen molar-refractivity contribution in [2.24, 2.45) is 0 Å². The van der Waals surface area contributed by atoms with E-state index in [4.69, 9.17) is 0 Å². The molecule has 2 aromatic rings. The van der Waals surface area contributed by atoms with Crippen molar-refractivity contribution < 1.29 is 0 Å². The van der Waals surface area contributed by atoms with Crippen LogP contribution in [0.2, 0.25) is 0 Å². The molecule has 1 aromatic carbocycles. The predicted molar refractivity (Wildman–Crippen MR) is 73.3 cm³/mol. The van der Waals surface area contributed by atoms with Crippen LogP contribution < -0.4 is 5.32 Å². The van der Waals surface area contributed by atoms with Gasteiger partial charge in [0.25, 0.3) is 0 Å². The molecule has 15 heavy (non-hydrogen) atoms. The highest BCUT2D eigenvalue weighted by molar-refractivity contribution is 7.99. The lowest BCUT2D eigenvalue weighted by molar-refractivity contribution is 1.23. The average molecular weight is 237 g/mol. The summed E-state index contributed by atoms with van der Waals surface area (Å²) in [6.07, 6.45) is 0. The van der Waals surface area contributed by atoms with E-state index in [9.17, 15) is 0 Å². The molecule has 80 valence electrons. The number of anilines is 1. The number of benzene rings is 1. The van der Waals surface area contributed by atoms with Gasteiger partial charge in [0.2, 0.25) is 0 Å². The molecule has 0 spiro atoms. The van der Waals surface area contributed by atoms with Crippen LogP contribution in [0.15, 0.2) is 29.6 Å². The molecule has 0 aliphatic heterocycles. The van der Waals surface area contributed by atoms with Gasteiger partial charge in [-0.05, 0) is 40.8 Å². The van der Waals surface area contributed by atoms with Crippen molar-refractivity contribution in [1.82, 2.24) is 0 Å². The zero-order valence-corrected chi connectivity index (χ0v) is 10.5. The Hall–Kier alpha value is -0.670. The van der Waals surface area contributed by atoms with Gasteiger partial charge in [0.05, 0.1) is 0 Å². The molecule has 0 aliphatic rings. The molecule has 0 amide bonds. The Morgan fingerprint density at radius 3 is 3.13 bits per heavy atom. The zero-order chi connectivity index (χ0) is 10.5. The molecular weight excluding hydrogens is 222 g/mol. The van der Waals surface area contributed by atoms with Crippen LogP contribution in [-0.4, -0.2) is 18.1 Å². The Kier molecular flexibility index (Phi) is 3.92. The van der Waals surface area contributed by atoms with Crippen LogP contribution in [-0.2, 0) is 0 Å². The molecule has 1 aromatic heterocycles. The summed E-state index contributed by atoms with van der Waals surface area (Å²) in [7, 11) is 0. The Labute approximate surface area is 98.9 Å². The fraction of sp³-hybridized carbons (Fsp3) is 0.333. The molecule has 0 saturated heterocycles. The van der Waals surface area contributed by atoms with Crippen LogP contribution in [0.1, 0.15) is 6.92 Å². The van der Waals surface area contributed by atoms with E-state index in [0.29, 0.717) is 0 Å². The molecule has 0 radical (unpaired) electrons. The van der Waals surface area contributed by atoms with Crippen LogP contribution in [0.5, 0.6) is 0 Å². The third-order valence-corrected chi connectivity index (χ3v) is 4.03. The first kappa shape index (κ1) is 10.8. The minimum atomic E-state index is 1.05. The largest absolute Gasteiger partial charge is 0.384 e. The first-order valence-corrected chi connectivity index (χ1v) is 7.22. The Balaban J connectivity index is 1.96. The summed E-state index contributed by atoms with van der Waals surface area (Å²) >= 11 is 3.77. The lowest BCUT2D eigenvalue weighted by atomic mass is 10.2. The van der Waals surface area contributed by atoms with Crippen molar-refractivity contribution >= 4 is 38.9 Å². The van der Waals surface area contributed by atoms with Crippen molar-refractivity contribution in [2.45, 2.75) is 6.92 Å². The molecule has 0 saturated carbocycles. The summed E-state index contributed by atoms with van der Waals surface area (Å²) in [4.78, 5) is 0. The Morgan fingerprint density at radius 1 is 1.33 bits per heavy atom. The summed E-state index contributed by atoms with van der Waals surface area (Å²) in [6.45, 7) is 3.25. The maximum atomic E-state index is 3.45. The summed E-state index contributed by atoms with van der Waals surface area (Å²) in [5.74, 6) is 2.38. The minimum absolute atomic E-state index is 1.05. The third kappa shape index (κ3) is 2.89. The van der Waals surface area contributed by atoms with E-state index in [2.05, 4.69) is 41.9 Å². The highest BCUT2D eigenvalue weighted by Gasteiger charge is 1.96. The first-order valence-electron chi connectivity index (χ1n) is 5.19. The topological polar surface area (TPSA) is 12.0 Å². The van der Waals surface area contributed by atoms with Gasteiger partial charge in [0.1, 0.15) is 0 Å². The fourth-order valence-electron chi connectivity index (χ4n) is 1.49. The standard InChI is InChI=1S/C12H15NS2/c1-2-14-8-6-13-11-3-4-12-10(9-11)5-7-15-12/h3-5,7,9,13H,2,6,8H2,1H3. The SMILES string of the molecule is CCSCCNc1ccc2sccc2c1. The molecule has 0 bridgehead atoms. The number of hydrogen-bond donors (Lipinski definition) is 1. The second-order valence-corrected chi connectivity index (χ2v) is 5.64. The van der Waals surface area contributed by atoms with Gasteiger partial charge in [-0.1, -0.05) is 6.92 Å². The van der Waals surface area contributed by atoms with Crippen LogP contribution in [0.25, 0.3) is 10.1 Å². The Morgan fingerprint density at radius 2 is 2.27 bits per heavy atom. The van der Waals surface area contributed by atoms with E-state index in [0.717, 1.165) is 6.54 Å².